The number of carboxylic acids is 1. The number of amides is 1. The monoisotopic (exact) mass is 441 g/mol. The van der Waals surface area contributed by atoms with Crippen LogP contribution in [0.5, 0.6) is 5.75 Å². The van der Waals surface area contributed by atoms with E-state index >= 15 is 0 Å². The molecule has 1 aliphatic heterocycles. The first-order valence-corrected chi connectivity index (χ1v) is 10.5. The van der Waals surface area contributed by atoms with E-state index in [0.717, 1.165) is 11.3 Å². The summed E-state index contributed by atoms with van der Waals surface area (Å²) in [4.78, 5) is 27.9. The molecule has 2 heterocycles. The summed E-state index contributed by atoms with van der Waals surface area (Å²) in [7, 11) is -5.84. The Bertz CT molecular complexity index is 1060. The lowest BCUT2D eigenvalue weighted by Crippen LogP contribution is -2.55. The van der Waals surface area contributed by atoms with E-state index < -0.39 is 41.2 Å². The SMILES string of the molecule is Nc1nc(C(NS(N)(=O)=O)C(=O)N[C@H]2Cc3cccc(C(=O)O)c3OB2O)cs1. The summed E-state index contributed by atoms with van der Waals surface area (Å²) in [5, 5.41) is 28.4. The molecule has 0 fully saturated rings. The standard InChI is InChI=1S/C14H16BN5O7S2/c16-14-18-8(5-28-14)10(20-29(17,25)26)12(21)19-9-4-6-2-1-3-7(13(22)23)11(6)27-15(9)24/h1-3,5,9-10,20,24H,4H2,(H2,16,18)(H,19,21)(H,22,23)(H2,17,25,26)/t9-,10?/m0/s1. The number of anilines is 1. The van der Waals surface area contributed by atoms with Crippen molar-refractivity contribution in [2.75, 3.05) is 5.73 Å². The first kappa shape index (κ1) is 21.0. The van der Waals surface area contributed by atoms with Crippen molar-refractivity contribution in [1.82, 2.24) is 15.0 Å². The Balaban J connectivity index is 1.83. The Morgan fingerprint density at radius 2 is 2.14 bits per heavy atom. The van der Waals surface area contributed by atoms with Crippen molar-refractivity contribution in [1.29, 1.82) is 0 Å². The number of aromatic carboxylic acids is 1. The molecule has 0 radical (unpaired) electrons. The molecule has 0 bridgehead atoms. The average molecular weight is 441 g/mol. The van der Waals surface area contributed by atoms with Gasteiger partial charge in [-0.15, -0.1) is 11.3 Å². The van der Waals surface area contributed by atoms with Gasteiger partial charge in [-0.05, 0) is 18.1 Å². The van der Waals surface area contributed by atoms with Crippen LogP contribution in [0.1, 0.15) is 27.7 Å². The third-order valence-electron chi connectivity index (χ3n) is 4.06. The lowest BCUT2D eigenvalue weighted by molar-refractivity contribution is -0.123. The topological polar surface area (TPSA) is 207 Å². The number of thiazole rings is 1. The van der Waals surface area contributed by atoms with E-state index in [1.54, 1.807) is 6.07 Å². The van der Waals surface area contributed by atoms with Crippen LogP contribution in [0.25, 0.3) is 0 Å². The van der Waals surface area contributed by atoms with E-state index in [2.05, 4.69) is 10.3 Å². The molecule has 15 heteroatoms. The fraction of sp³-hybridized carbons (Fsp3) is 0.214. The third-order valence-corrected chi connectivity index (χ3v) is 5.31. The normalized spacial score (nSPS) is 17.2. The predicted molar refractivity (Wildman–Crippen MR) is 103 cm³/mol. The molecule has 8 N–H and O–H groups in total. The van der Waals surface area contributed by atoms with Crippen molar-refractivity contribution in [3.05, 3.63) is 40.4 Å². The van der Waals surface area contributed by atoms with Crippen LogP contribution in [-0.2, 0) is 21.4 Å². The highest BCUT2D eigenvalue weighted by molar-refractivity contribution is 7.87. The quantitative estimate of drug-likeness (QED) is 0.285. The molecular weight excluding hydrogens is 425 g/mol. The molecule has 0 spiro atoms. The van der Waals surface area contributed by atoms with Gasteiger partial charge >= 0.3 is 13.1 Å². The van der Waals surface area contributed by atoms with E-state index in [1.165, 1.54) is 17.5 Å². The Morgan fingerprint density at radius 1 is 1.41 bits per heavy atom. The second-order valence-electron chi connectivity index (χ2n) is 6.13. The summed E-state index contributed by atoms with van der Waals surface area (Å²) in [6.07, 6.45) is 0.0463. The number of carbonyl (C=O) groups is 2. The number of para-hydroxylation sites is 1. The van der Waals surface area contributed by atoms with Gasteiger partial charge in [-0.25, -0.2) is 14.9 Å². The fourth-order valence-electron chi connectivity index (χ4n) is 2.83. The number of nitrogens with zero attached hydrogens (tertiary/aromatic N) is 1. The number of carboxylic acid groups (broad SMARTS) is 1. The third kappa shape index (κ3) is 4.83. The van der Waals surface area contributed by atoms with Gasteiger partial charge in [0.05, 0.1) is 17.2 Å². The number of nitrogens with two attached hydrogens (primary N) is 2. The van der Waals surface area contributed by atoms with Crippen LogP contribution in [0.4, 0.5) is 5.13 Å². The van der Waals surface area contributed by atoms with Gasteiger partial charge in [-0.1, -0.05) is 12.1 Å². The first-order valence-electron chi connectivity index (χ1n) is 8.06. The van der Waals surface area contributed by atoms with Crippen LogP contribution >= 0.6 is 11.3 Å². The summed E-state index contributed by atoms with van der Waals surface area (Å²) >= 11 is 0.999. The number of fused-ring (bicyclic) bond motifs is 1. The molecule has 154 valence electrons. The van der Waals surface area contributed by atoms with Gasteiger partial charge in [0.15, 0.2) is 5.13 Å². The maximum Gasteiger partial charge on any atom is 0.547 e. The number of nitrogens with one attached hydrogen (secondary N) is 2. The number of hydrogen-bond acceptors (Lipinski definition) is 9. The second kappa shape index (κ2) is 7.96. The largest absolute Gasteiger partial charge is 0.547 e. The number of aromatic nitrogens is 1. The maximum absolute atomic E-state index is 12.7. The highest BCUT2D eigenvalue weighted by atomic mass is 32.2. The highest BCUT2D eigenvalue weighted by Gasteiger charge is 2.39. The molecule has 1 aliphatic rings. The minimum absolute atomic E-state index is 0.00415. The zero-order valence-electron chi connectivity index (χ0n) is 14.6. The van der Waals surface area contributed by atoms with Gasteiger partial charge in [0.1, 0.15) is 11.8 Å². The molecular formula is C14H16BN5O7S2. The summed E-state index contributed by atoms with van der Waals surface area (Å²) in [6.45, 7) is 0. The number of carbonyl (C=O) groups excluding carboxylic acids is 1. The van der Waals surface area contributed by atoms with Gasteiger partial charge in [-0.3, -0.25) is 4.79 Å². The Labute approximate surface area is 169 Å². The summed E-state index contributed by atoms with van der Waals surface area (Å²) in [6, 6.07) is 2.93. The molecule has 1 aromatic heterocycles. The molecule has 0 saturated carbocycles. The van der Waals surface area contributed by atoms with E-state index in [0.29, 0.717) is 5.56 Å². The average Bonchev–Trinajstić information content (AvgIpc) is 3.05. The van der Waals surface area contributed by atoms with Gasteiger partial charge in [0, 0.05) is 5.38 Å². The van der Waals surface area contributed by atoms with Crippen molar-refractivity contribution in [2.45, 2.75) is 18.4 Å². The molecule has 0 aliphatic carbocycles. The predicted octanol–water partition coefficient (Wildman–Crippen LogP) is -1.60. The van der Waals surface area contributed by atoms with Crippen LogP contribution < -0.4 is 25.6 Å². The molecule has 1 unspecified atom stereocenters. The van der Waals surface area contributed by atoms with Gasteiger partial charge in [0.2, 0.25) is 5.91 Å². The number of rotatable bonds is 6. The van der Waals surface area contributed by atoms with Crippen molar-refractivity contribution in [2.24, 2.45) is 5.14 Å². The van der Waals surface area contributed by atoms with Crippen LogP contribution in [0, 0.1) is 0 Å². The first-order chi connectivity index (χ1) is 13.5. The lowest BCUT2D eigenvalue weighted by atomic mass is 9.72. The number of benzene rings is 1. The molecule has 3 rings (SSSR count). The van der Waals surface area contributed by atoms with Crippen LogP contribution in [-0.4, -0.2) is 48.5 Å². The zero-order valence-corrected chi connectivity index (χ0v) is 16.2. The van der Waals surface area contributed by atoms with Gasteiger partial charge in [0.25, 0.3) is 10.2 Å². The molecule has 2 aromatic rings. The molecule has 0 saturated heterocycles. The van der Waals surface area contributed by atoms with Crippen LogP contribution in [0.15, 0.2) is 23.6 Å². The minimum Gasteiger partial charge on any atom is -0.534 e. The van der Waals surface area contributed by atoms with Gasteiger partial charge < -0.3 is 25.8 Å². The van der Waals surface area contributed by atoms with Crippen molar-refractivity contribution < 1.29 is 32.8 Å². The minimum atomic E-state index is -4.27. The van der Waals surface area contributed by atoms with Crippen molar-refractivity contribution in [3.8, 4) is 5.75 Å². The molecule has 1 aromatic carbocycles. The number of hydrogen-bond donors (Lipinski definition) is 6. The zero-order chi connectivity index (χ0) is 21.3. The molecule has 1 amide bonds. The van der Waals surface area contributed by atoms with E-state index in [-0.39, 0.29) is 28.6 Å². The van der Waals surface area contributed by atoms with E-state index in [4.69, 9.17) is 15.5 Å². The number of nitrogen functional groups attached to an aromatic ring is 1. The van der Waals surface area contributed by atoms with Crippen molar-refractivity contribution in [3.63, 3.8) is 0 Å². The lowest BCUT2D eigenvalue weighted by Gasteiger charge is -2.29. The Kier molecular flexibility index (Phi) is 5.76. The summed E-state index contributed by atoms with van der Waals surface area (Å²) in [5.41, 5.74) is 5.89. The van der Waals surface area contributed by atoms with Crippen molar-refractivity contribution >= 4 is 45.7 Å². The molecule has 12 nitrogen and oxygen atoms in total. The van der Waals surface area contributed by atoms with E-state index in [9.17, 15) is 28.1 Å². The smallest absolute Gasteiger partial charge is 0.534 e. The Hall–Kier alpha value is -2.72. The Morgan fingerprint density at radius 3 is 2.72 bits per heavy atom. The maximum atomic E-state index is 12.7. The fourth-order valence-corrected chi connectivity index (χ4v) is 3.97. The molecule has 2 atom stereocenters. The van der Waals surface area contributed by atoms with Crippen LogP contribution in [0.3, 0.4) is 0 Å². The highest BCUT2D eigenvalue weighted by Crippen LogP contribution is 2.30. The second-order valence-corrected chi connectivity index (χ2v) is 8.35. The summed E-state index contributed by atoms with van der Waals surface area (Å²) in [5.74, 6) is -3.06. The molecule has 29 heavy (non-hydrogen) atoms. The van der Waals surface area contributed by atoms with E-state index in [1.807, 2.05) is 4.72 Å². The van der Waals surface area contributed by atoms with Gasteiger partial charge in [-0.2, -0.15) is 13.1 Å². The van der Waals surface area contributed by atoms with Crippen LogP contribution in [0.2, 0.25) is 0 Å². The summed E-state index contributed by atoms with van der Waals surface area (Å²) < 4.78 is 30.1.